The number of nitrogens with one attached hydrogen (secondary N) is 1. The molecular formula is C12H12BrClN4O2S. The van der Waals surface area contributed by atoms with Crippen molar-refractivity contribution in [1.82, 2.24) is 14.7 Å². The number of benzene rings is 1. The highest BCUT2D eigenvalue weighted by atomic mass is 79.9. The summed E-state index contributed by atoms with van der Waals surface area (Å²) in [7, 11) is -3.77. The molecule has 9 heteroatoms. The van der Waals surface area contributed by atoms with E-state index in [0.717, 1.165) is 5.69 Å². The van der Waals surface area contributed by atoms with Gasteiger partial charge in [0.05, 0.1) is 33.5 Å². The first-order valence-corrected chi connectivity index (χ1v) is 8.47. The molecule has 0 saturated carbocycles. The second-order valence-electron chi connectivity index (χ2n) is 4.28. The van der Waals surface area contributed by atoms with Crippen LogP contribution in [-0.2, 0) is 16.6 Å². The van der Waals surface area contributed by atoms with Crippen LogP contribution in [0, 0.1) is 6.92 Å². The molecule has 0 bridgehead atoms. The number of anilines is 1. The summed E-state index contributed by atoms with van der Waals surface area (Å²) >= 11 is 9.00. The zero-order valence-electron chi connectivity index (χ0n) is 11.0. The van der Waals surface area contributed by atoms with Crippen LogP contribution in [-0.4, -0.2) is 18.4 Å². The number of nitrogen functional groups attached to an aromatic ring is 1. The summed E-state index contributed by atoms with van der Waals surface area (Å²) in [5.41, 5.74) is 7.21. The lowest BCUT2D eigenvalue weighted by Gasteiger charge is -2.10. The lowest BCUT2D eigenvalue weighted by molar-refractivity contribution is 0.580. The predicted octanol–water partition coefficient (Wildman–Crippen LogP) is 2.26. The molecule has 1 heterocycles. The van der Waals surface area contributed by atoms with Crippen molar-refractivity contribution in [1.29, 1.82) is 0 Å². The molecule has 0 saturated heterocycles. The van der Waals surface area contributed by atoms with E-state index in [9.17, 15) is 8.42 Å². The van der Waals surface area contributed by atoms with Gasteiger partial charge in [0.1, 0.15) is 0 Å². The fraction of sp³-hybridized carbons (Fsp3) is 0.167. The van der Waals surface area contributed by atoms with E-state index in [1.54, 1.807) is 13.1 Å². The second-order valence-corrected chi connectivity index (χ2v) is 7.25. The van der Waals surface area contributed by atoms with Gasteiger partial charge in [0.2, 0.25) is 10.0 Å². The Kier molecular flexibility index (Phi) is 4.82. The number of aryl methyl sites for hydroxylation is 1. The molecule has 0 aliphatic carbocycles. The minimum Gasteiger partial charge on any atom is -0.398 e. The topological polar surface area (TPSA) is 98.0 Å². The largest absolute Gasteiger partial charge is 0.398 e. The molecule has 0 unspecified atom stereocenters. The number of hydrogen-bond acceptors (Lipinski definition) is 5. The maximum atomic E-state index is 12.3. The third-order valence-corrected chi connectivity index (χ3v) is 5.39. The summed E-state index contributed by atoms with van der Waals surface area (Å²) in [5.74, 6) is 0. The van der Waals surface area contributed by atoms with Gasteiger partial charge in [0.25, 0.3) is 0 Å². The minimum absolute atomic E-state index is 0.0208. The molecule has 0 amide bonds. The van der Waals surface area contributed by atoms with Gasteiger partial charge in [-0.05, 0) is 35.0 Å². The van der Waals surface area contributed by atoms with E-state index in [1.165, 1.54) is 18.3 Å². The fourth-order valence-electron chi connectivity index (χ4n) is 1.54. The molecule has 0 spiro atoms. The first kappa shape index (κ1) is 16.2. The molecule has 0 aliphatic heterocycles. The smallest absolute Gasteiger partial charge is 0.242 e. The van der Waals surface area contributed by atoms with Crippen LogP contribution in [0.1, 0.15) is 11.4 Å². The Balaban J connectivity index is 2.25. The van der Waals surface area contributed by atoms with Gasteiger partial charge in [0.15, 0.2) is 0 Å². The zero-order chi connectivity index (χ0) is 15.6. The highest BCUT2D eigenvalue weighted by molar-refractivity contribution is 9.10. The Morgan fingerprint density at radius 2 is 2.05 bits per heavy atom. The second kappa shape index (κ2) is 6.27. The van der Waals surface area contributed by atoms with Crippen molar-refractivity contribution in [2.45, 2.75) is 18.4 Å². The Labute approximate surface area is 135 Å². The fourth-order valence-corrected chi connectivity index (χ4v) is 3.83. The highest BCUT2D eigenvalue weighted by Gasteiger charge is 2.20. The molecule has 1 aromatic carbocycles. The van der Waals surface area contributed by atoms with Gasteiger partial charge < -0.3 is 5.73 Å². The van der Waals surface area contributed by atoms with Gasteiger partial charge in [0, 0.05) is 16.9 Å². The third-order valence-electron chi connectivity index (χ3n) is 2.60. The van der Waals surface area contributed by atoms with E-state index < -0.39 is 10.0 Å². The van der Waals surface area contributed by atoms with Gasteiger partial charge in [-0.25, -0.2) is 13.1 Å². The first-order valence-electron chi connectivity index (χ1n) is 5.81. The quantitative estimate of drug-likeness (QED) is 0.779. The van der Waals surface area contributed by atoms with Gasteiger partial charge in [-0.1, -0.05) is 11.6 Å². The highest BCUT2D eigenvalue weighted by Crippen LogP contribution is 2.31. The Morgan fingerprint density at radius 3 is 2.67 bits per heavy atom. The van der Waals surface area contributed by atoms with Crippen LogP contribution in [0.3, 0.4) is 0 Å². The average Bonchev–Trinajstić information content (AvgIpc) is 2.42. The van der Waals surface area contributed by atoms with E-state index in [0.29, 0.717) is 5.69 Å². The lowest BCUT2D eigenvalue weighted by atomic mass is 10.3. The van der Waals surface area contributed by atoms with Gasteiger partial charge in [-0.15, -0.1) is 0 Å². The van der Waals surface area contributed by atoms with Crippen LogP contribution in [0.25, 0.3) is 0 Å². The number of rotatable bonds is 4. The molecule has 2 aromatic rings. The van der Waals surface area contributed by atoms with E-state index in [-0.39, 0.29) is 26.6 Å². The van der Waals surface area contributed by atoms with Crippen LogP contribution in [0.15, 0.2) is 33.9 Å². The number of aromatic nitrogens is 2. The summed E-state index contributed by atoms with van der Waals surface area (Å²) in [6.45, 7) is 1.82. The molecule has 112 valence electrons. The van der Waals surface area contributed by atoms with Crippen molar-refractivity contribution >= 4 is 43.2 Å². The summed E-state index contributed by atoms with van der Waals surface area (Å²) < 4.78 is 27.3. The molecule has 0 atom stereocenters. The van der Waals surface area contributed by atoms with Crippen LogP contribution < -0.4 is 10.5 Å². The normalized spacial score (nSPS) is 11.6. The molecular weight excluding hydrogens is 380 g/mol. The Bertz CT molecular complexity index is 766. The van der Waals surface area contributed by atoms with E-state index in [2.05, 4.69) is 30.6 Å². The summed E-state index contributed by atoms with van der Waals surface area (Å²) in [5, 5.41) is 0.242. The number of nitrogens with two attached hydrogens (primary N) is 1. The third kappa shape index (κ3) is 3.91. The molecule has 0 fully saturated rings. The standard InChI is InChI=1S/C12H12BrClN4O2S/c1-7-4-17-9(5-16-7)6-18-21(19,20)11-3-8(14)2-10(15)12(11)13/h2-5,18H,6,15H2,1H3. The van der Waals surface area contributed by atoms with Crippen LogP contribution in [0.4, 0.5) is 5.69 Å². The lowest BCUT2D eigenvalue weighted by Crippen LogP contribution is -2.24. The molecule has 0 radical (unpaired) electrons. The maximum Gasteiger partial charge on any atom is 0.242 e. The Hall–Kier alpha value is -1.22. The van der Waals surface area contributed by atoms with Crippen molar-refractivity contribution in [3.05, 3.63) is 45.4 Å². The van der Waals surface area contributed by atoms with E-state index in [4.69, 9.17) is 17.3 Å². The zero-order valence-corrected chi connectivity index (χ0v) is 14.1. The van der Waals surface area contributed by atoms with E-state index >= 15 is 0 Å². The van der Waals surface area contributed by atoms with Gasteiger partial charge in [-0.2, -0.15) is 0 Å². The maximum absolute atomic E-state index is 12.3. The molecule has 21 heavy (non-hydrogen) atoms. The van der Waals surface area contributed by atoms with Crippen molar-refractivity contribution < 1.29 is 8.42 Å². The van der Waals surface area contributed by atoms with Crippen molar-refractivity contribution in [2.75, 3.05) is 5.73 Å². The molecule has 6 nitrogen and oxygen atoms in total. The molecule has 0 aliphatic rings. The van der Waals surface area contributed by atoms with Crippen LogP contribution in [0.2, 0.25) is 5.02 Å². The average molecular weight is 392 g/mol. The number of hydrogen-bond donors (Lipinski definition) is 2. The first-order chi connectivity index (χ1) is 9.79. The minimum atomic E-state index is -3.77. The summed E-state index contributed by atoms with van der Waals surface area (Å²) in [6.07, 6.45) is 3.08. The number of sulfonamides is 1. The van der Waals surface area contributed by atoms with Crippen LogP contribution in [0.5, 0.6) is 0 Å². The Morgan fingerprint density at radius 1 is 1.33 bits per heavy atom. The van der Waals surface area contributed by atoms with Gasteiger partial charge >= 0.3 is 0 Å². The van der Waals surface area contributed by atoms with Crippen molar-refractivity contribution in [2.24, 2.45) is 0 Å². The van der Waals surface area contributed by atoms with E-state index in [1.807, 2.05) is 0 Å². The molecule has 1 aromatic heterocycles. The van der Waals surface area contributed by atoms with Crippen molar-refractivity contribution in [3.8, 4) is 0 Å². The molecule has 2 rings (SSSR count). The van der Waals surface area contributed by atoms with Crippen molar-refractivity contribution in [3.63, 3.8) is 0 Å². The summed E-state index contributed by atoms with van der Waals surface area (Å²) in [4.78, 5) is 8.11. The number of nitrogens with zero attached hydrogens (tertiary/aromatic N) is 2. The number of halogens is 2. The monoisotopic (exact) mass is 390 g/mol. The van der Waals surface area contributed by atoms with Crippen LogP contribution >= 0.6 is 27.5 Å². The SMILES string of the molecule is Cc1cnc(CNS(=O)(=O)c2cc(Cl)cc(N)c2Br)cn1. The predicted molar refractivity (Wildman–Crippen MR) is 84.4 cm³/mol. The summed E-state index contributed by atoms with van der Waals surface area (Å²) in [6, 6.07) is 2.79. The van der Waals surface area contributed by atoms with Gasteiger partial charge in [-0.3, -0.25) is 9.97 Å². The molecule has 3 N–H and O–H groups in total.